The first-order chi connectivity index (χ1) is 10.1. The molecule has 2 rings (SSSR count). The first kappa shape index (κ1) is 15.6. The third-order valence-electron chi connectivity index (χ3n) is 3.26. The fourth-order valence-electron chi connectivity index (χ4n) is 2.21. The fourth-order valence-corrected chi connectivity index (χ4v) is 2.21. The Morgan fingerprint density at radius 3 is 2.57 bits per heavy atom. The van der Waals surface area contributed by atoms with Crippen LogP contribution in [0.2, 0.25) is 0 Å². The van der Waals surface area contributed by atoms with Crippen molar-refractivity contribution in [3.8, 4) is 5.75 Å². The first-order valence-corrected chi connectivity index (χ1v) is 7.51. The Kier molecular flexibility index (Phi) is 5.87. The lowest BCUT2D eigenvalue weighted by Gasteiger charge is -2.26. The maximum Gasteiger partial charge on any atom is 0.224 e. The van der Waals surface area contributed by atoms with E-state index in [-0.39, 0.29) is 12.0 Å². The van der Waals surface area contributed by atoms with Gasteiger partial charge in [0, 0.05) is 31.7 Å². The van der Waals surface area contributed by atoms with Crippen LogP contribution in [0.1, 0.15) is 20.3 Å². The van der Waals surface area contributed by atoms with Gasteiger partial charge in [-0.1, -0.05) is 0 Å². The summed E-state index contributed by atoms with van der Waals surface area (Å²) >= 11 is 0. The van der Waals surface area contributed by atoms with E-state index >= 15 is 0 Å². The van der Waals surface area contributed by atoms with Crippen molar-refractivity contribution in [2.24, 2.45) is 0 Å². The lowest BCUT2D eigenvalue weighted by Crippen LogP contribution is -2.41. The minimum atomic E-state index is 0.176. The molecule has 0 bridgehead atoms. The van der Waals surface area contributed by atoms with Gasteiger partial charge in [0.05, 0.1) is 19.3 Å². The van der Waals surface area contributed by atoms with Gasteiger partial charge in [-0.2, -0.15) is 0 Å². The summed E-state index contributed by atoms with van der Waals surface area (Å²) in [6.45, 7) is 7.36. The topological polar surface area (TPSA) is 50.8 Å². The normalized spacial score (nSPS) is 15.1. The van der Waals surface area contributed by atoms with Crippen molar-refractivity contribution in [3.05, 3.63) is 24.3 Å². The van der Waals surface area contributed by atoms with Gasteiger partial charge in [0.1, 0.15) is 5.75 Å². The van der Waals surface area contributed by atoms with E-state index in [1.54, 1.807) is 0 Å². The Labute approximate surface area is 126 Å². The maximum absolute atomic E-state index is 12.0. The number of carbonyl (C=O) groups is 1. The predicted octanol–water partition coefficient (Wildman–Crippen LogP) is 2.13. The second kappa shape index (κ2) is 7.88. The Morgan fingerprint density at radius 1 is 1.29 bits per heavy atom. The van der Waals surface area contributed by atoms with Crippen LogP contribution in [0, 0.1) is 0 Å². The van der Waals surface area contributed by atoms with Crippen molar-refractivity contribution in [1.29, 1.82) is 0 Å². The summed E-state index contributed by atoms with van der Waals surface area (Å²) in [6, 6.07) is 7.81. The third kappa shape index (κ3) is 5.27. The van der Waals surface area contributed by atoms with Gasteiger partial charge < -0.3 is 19.7 Å². The minimum Gasteiger partial charge on any atom is -0.491 e. The lowest BCUT2D eigenvalue weighted by atomic mass is 10.2. The highest BCUT2D eigenvalue weighted by atomic mass is 16.5. The minimum absolute atomic E-state index is 0.176. The van der Waals surface area contributed by atoms with Crippen molar-refractivity contribution in [2.75, 3.05) is 38.2 Å². The molecule has 1 N–H and O–H groups in total. The van der Waals surface area contributed by atoms with Crippen molar-refractivity contribution < 1.29 is 14.3 Å². The molecule has 1 saturated heterocycles. The van der Waals surface area contributed by atoms with Crippen LogP contribution in [-0.2, 0) is 9.53 Å². The van der Waals surface area contributed by atoms with Gasteiger partial charge in [-0.15, -0.1) is 0 Å². The summed E-state index contributed by atoms with van der Waals surface area (Å²) in [6.07, 6.45) is 0.680. The van der Waals surface area contributed by atoms with Gasteiger partial charge in [-0.3, -0.25) is 4.79 Å². The van der Waals surface area contributed by atoms with Crippen LogP contribution >= 0.6 is 0 Å². The van der Waals surface area contributed by atoms with Gasteiger partial charge in [-0.25, -0.2) is 0 Å². The molecule has 0 saturated carbocycles. The molecule has 1 aliphatic rings. The molecule has 1 aromatic rings. The lowest BCUT2D eigenvalue weighted by molar-refractivity contribution is -0.134. The highest BCUT2D eigenvalue weighted by Crippen LogP contribution is 2.16. The molecule has 21 heavy (non-hydrogen) atoms. The molecule has 1 aliphatic heterocycles. The molecule has 5 nitrogen and oxygen atoms in total. The second-order valence-electron chi connectivity index (χ2n) is 5.36. The van der Waals surface area contributed by atoms with E-state index < -0.39 is 0 Å². The average molecular weight is 292 g/mol. The molecule has 0 radical (unpaired) electrons. The summed E-state index contributed by atoms with van der Waals surface area (Å²) in [7, 11) is 0. The van der Waals surface area contributed by atoms with Gasteiger partial charge >= 0.3 is 0 Å². The van der Waals surface area contributed by atoms with E-state index in [4.69, 9.17) is 9.47 Å². The second-order valence-corrected chi connectivity index (χ2v) is 5.36. The van der Waals surface area contributed by atoms with Crippen LogP contribution in [0.5, 0.6) is 5.75 Å². The number of morpholine rings is 1. The quantitative estimate of drug-likeness (QED) is 0.872. The molecular weight excluding hydrogens is 268 g/mol. The number of ether oxygens (including phenoxy) is 2. The summed E-state index contributed by atoms with van der Waals surface area (Å²) < 4.78 is 10.8. The summed E-state index contributed by atoms with van der Waals surface area (Å²) in [5, 5.41) is 3.26. The number of carbonyl (C=O) groups excluding carboxylic acids is 1. The molecule has 0 atom stereocenters. The number of amides is 1. The fraction of sp³-hybridized carbons (Fsp3) is 0.562. The smallest absolute Gasteiger partial charge is 0.224 e. The Morgan fingerprint density at radius 2 is 1.95 bits per heavy atom. The monoisotopic (exact) mass is 292 g/mol. The molecule has 0 unspecified atom stereocenters. The van der Waals surface area contributed by atoms with E-state index in [0.717, 1.165) is 11.4 Å². The predicted molar refractivity (Wildman–Crippen MR) is 82.7 cm³/mol. The molecular formula is C16H24N2O3. The number of nitrogens with zero attached hydrogens (tertiary/aromatic N) is 1. The van der Waals surface area contributed by atoms with Crippen LogP contribution in [0.4, 0.5) is 5.69 Å². The summed E-state index contributed by atoms with van der Waals surface area (Å²) in [5.41, 5.74) is 1.00. The van der Waals surface area contributed by atoms with Gasteiger partial charge in [0.15, 0.2) is 0 Å². The zero-order valence-corrected chi connectivity index (χ0v) is 12.8. The largest absolute Gasteiger partial charge is 0.491 e. The molecule has 1 aromatic carbocycles. The molecule has 0 aliphatic carbocycles. The molecule has 1 fully saturated rings. The van der Waals surface area contributed by atoms with E-state index in [9.17, 15) is 4.79 Å². The first-order valence-electron chi connectivity index (χ1n) is 7.51. The van der Waals surface area contributed by atoms with Crippen LogP contribution in [-0.4, -0.2) is 49.8 Å². The number of anilines is 1. The molecule has 5 heteroatoms. The van der Waals surface area contributed by atoms with E-state index in [1.165, 1.54) is 0 Å². The van der Waals surface area contributed by atoms with Crippen molar-refractivity contribution in [3.63, 3.8) is 0 Å². The van der Waals surface area contributed by atoms with Crippen LogP contribution < -0.4 is 10.1 Å². The highest BCUT2D eigenvalue weighted by molar-refractivity contribution is 5.76. The summed E-state index contributed by atoms with van der Waals surface area (Å²) in [5.74, 6) is 1.05. The van der Waals surface area contributed by atoms with Crippen molar-refractivity contribution in [1.82, 2.24) is 4.90 Å². The van der Waals surface area contributed by atoms with Gasteiger partial charge in [0.25, 0.3) is 0 Å². The Balaban J connectivity index is 1.71. The molecule has 0 aromatic heterocycles. The number of hydrogen-bond donors (Lipinski definition) is 1. The van der Waals surface area contributed by atoms with Gasteiger partial charge in [-0.05, 0) is 38.1 Å². The van der Waals surface area contributed by atoms with E-state index in [0.29, 0.717) is 39.3 Å². The van der Waals surface area contributed by atoms with Crippen molar-refractivity contribution >= 4 is 11.6 Å². The maximum atomic E-state index is 12.0. The van der Waals surface area contributed by atoms with E-state index in [2.05, 4.69) is 5.32 Å². The Hall–Kier alpha value is -1.75. The SMILES string of the molecule is CC(C)Oc1ccc(NCCC(=O)N2CCOCC2)cc1. The Bertz CT molecular complexity index is 439. The third-order valence-corrected chi connectivity index (χ3v) is 3.26. The highest BCUT2D eigenvalue weighted by Gasteiger charge is 2.15. The van der Waals surface area contributed by atoms with Gasteiger partial charge in [0.2, 0.25) is 5.91 Å². The summed E-state index contributed by atoms with van der Waals surface area (Å²) in [4.78, 5) is 13.8. The van der Waals surface area contributed by atoms with E-state index in [1.807, 2.05) is 43.0 Å². The standard InChI is InChI=1S/C16H24N2O3/c1-13(2)21-15-5-3-14(4-6-15)17-8-7-16(19)18-9-11-20-12-10-18/h3-6,13,17H,7-12H2,1-2H3. The number of benzene rings is 1. The zero-order chi connectivity index (χ0) is 15.1. The van der Waals surface area contributed by atoms with Crippen LogP contribution in [0.3, 0.4) is 0 Å². The molecule has 1 heterocycles. The number of nitrogens with one attached hydrogen (secondary N) is 1. The molecule has 1 amide bonds. The van der Waals surface area contributed by atoms with Crippen LogP contribution in [0.25, 0.3) is 0 Å². The average Bonchev–Trinajstić information content (AvgIpc) is 2.49. The van der Waals surface area contributed by atoms with Crippen molar-refractivity contribution in [2.45, 2.75) is 26.4 Å². The number of hydrogen-bond acceptors (Lipinski definition) is 4. The molecule has 0 spiro atoms. The number of rotatable bonds is 6. The zero-order valence-electron chi connectivity index (χ0n) is 12.8. The van der Waals surface area contributed by atoms with Crippen LogP contribution in [0.15, 0.2) is 24.3 Å². The molecule has 116 valence electrons.